The Morgan fingerprint density at radius 2 is 2.15 bits per heavy atom. The molecule has 1 aromatic heterocycles. The van der Waals surface area contributed by atoms with Crippen molar-refractivity contribution in [2.75, 3.05) is 4.72 Å². The van der Waals surface area contributed by atoms with Crippen LogP contribution in [0.2, 0.25) is 5.02 Å². The van der Waals surface area contributed by atoms with Crippen LogP contribution in [0.3, 0.4) is 0 Å². The summed E-state index contributed by atoms with van der Waals surface area (Å²) in [6.45, 7) is 0. The molecule has 2 aromatic rings. The number of benzene rings is 1. The summed E-state index contributed by atoms with van der Waals surface area (Å²) in [5, 5.41) is 14.3. The molecule has 20 heavy (non-hydrogen) atoms. The molecule has 0 atom stereocenters. The molecule has 0 saturated heterocycles. The lowest BCUT2D eigenvalue weighted by Gasteiger charge is -2.09. The Kier molecular flexibility index (Phi) is 4.02. The highest BCUT2D eigenvalue weighted by molar-refractivity contribution is 9.10. The van der Waals surface area contributed by atoms with Crippen LogP contribution in [0.5, 0.6) is 0 Å². The molecule has 0 bridgehead atoms. The summed E-state index contributed by atoms with van der Waals surface area (Å²) in [5.41, 5.74) is -0.265. The number of nitrogens with one attached hydrogen (secondary N) is 2. The van der Waals surface area contributed by atoms with Crippen molar-refractivity contribution in [3.63, 3.8) is 0 Å². The van der Waals surface area contributed by atoms with Crippen LogP contribution in [0.4, 0.5) is 5.69 Å². The molecule has 1 aromatic carbocycles. The summed E-state index contributed by atoms with van der Waals surface area (Å²) in [6, 6.07) is 4.52. The summed E-state index contributed by atoms with van der Waals surface area (Å²) >= 11 is 8.95. The molecule has 0 spiro atoms. The zero-order chi connectivity index (χ0) is 14.9. The Balaban J connectivity index is 2.44. The number of nitrogens with zero attached hydrogens (tertiary/aromatic N) is 1. The normalized spacial score (nSPS) is 11.3. The number of anilines is 1. The molecule has 7 nitrogen and oxygen atoms in total. The molecule has 3 N–H and O–H groups in total. The molecule has 0 aliphatic carbocycles. The van der Waals surface area contributed by atoms with Gasteiger partial charge in [0, 0.05) is 9.50 Å². The van der Waals surface area contributed by atoms with Crippen LogP contribution in [0, 0.1) is 0 Å². The van der Waals surface area contributed by atoms with Crippen molar-refractivity contribution in [1.82, 2.24) is 10.2 Å². The van der Waals surface area contributed by atoms with E-state index in [-0.39, 0.29) is 5.69 Å². The van der Waals surface area contributed by atoms with Gasteiger partial charge in [0.1, 0.15) is 5.56 Å². The van der Waals surface area contributed by atoms with E-state index in [2.05, 4.69) is 30.8 Å². The van der Waals surface area contributed by atoms with Crippen LogP contribution in [0.1, 0.15) is 10.4 Å². The van der Waals surface area contributed by atoms with Crippen molar-refractivity contribution in [2.24, 2.45) is 0 Å². The molecule has 0 aliphatic rings. The largest absolute Gasteiger partial charge is 0.478 e. The highest BCUT2D eigenvalue weighted by atomic mass is 79.9. The van der Waals surface area contributed by atoms with Gasteiger partial charge < -0.3 is 5.11 Å². The maximum Gasteiger partial charge on any atom is 0.340 e. The fraction of sp³-hybridized carbons (Fsp3) is 0. The van der Waals surface area contributed by atoms with E-state index in [1.54, 1.807) is 12.1 Å². The summed E-state index contributed by atoms with van der Waals surface area (Å²) in [6.07, 6.45) is 0.921. The number of hydrogen-bond donors (Lipinski definition) is 3. The van der Waals surface area contributed by atoms with Gasteiger partial charge in [0.15, 0.2) is 5.03 Å². The number of halogens is 2. The molecule has 2 rings (SSSR count). The van der Waals surface area contributed by atoms with Crippen molar-refractivity contribution < 1.29 is 18.3 Å². The third-order valence-corrected chi connectivity index (χ3v) is 4.54. The number of carboxylic acids is 1. The van der Waals surface area contributed by atoms with Gasteiger partial charge in [-0.1, -0.05) is 11.6 Å². The maximum atomic E-state index is 12.1. The molecular weight excluding hydrogens is 374 g/mol. The maximum absolute atomic E-state index is 12.1. The molecule has 106 valence electrons. The van der Waals surface area contributed by atoms with E-state index < -0.39 is 26.6 Å². The average molecular weight is 381 g/mol. The van der Waals surface area contributed by atoms with Crippen molar-refractivity contribution >= 4 is 49.2 Å². The van der Waals surface area contributed by atoms with E-state index >= 15 is 0 Å². The molecule has 10 heteroatoms. The van der Waals surface area contributed by atoms with E-state index in [1.807, 2.05) is 0 Å². The summed E-state index contributed by atoms with van der Waals surface area (Å²) in [5.74, 6) is -1.40. The fourth-order valence-electron chi connectivity index (χ4n) is 1.40. The van der Waals surface area contributed by atoms with Gasteiger partial charge in [-0.15, -0.1) is 0 Å². The molecule has 0 radical (unpaired) electrons. The quantitative estimate of drug-likeness (QED) is 0.753. The topological polar surface area (TPSA) is 112 Å². The number of carboxylic acid groups (broad SMARTS) is 1. The van der Waals surface area contributed by atoms with Gasteiger partial charge in [0.2, 0.25) is 0 Å². The van der Waals surface area contributed by atoms with Crippen LogP contribution in [0.25, 0.3) is 0 Å². The van der Waals surface area contributed by atoms with Crippen LogP contribution >= 0.6 is 27.5 Å². The summed E-state index contributed by atoms with van der Waals surface area (Å²) < 4.78 is 27.0. The smallest absolute Gasteiger partial charge is 0.340 e. The standard InChI is InChI=1S/C10H7BrClN3O4S/c11-7-2-1-5(12)3-8(7)15-20(18,19)9-6(10(16)17)4-13-14-9/h1-4,15H,(H,13,14)(H,16,17). The van der Waals surface area contributed by atoms with Crippen molar-refractivity contribution in [2.45, 2.75) is 5.03 Å². The predicted molar refractivity (Wildman–Crippen MR) is 75.5 cm³/mol. The molecule has 0 amide bonds. The third kappa shape index (κ3) is 2.94. The Hall–Kier alpha value is -1.58. The lowest BCUT2D eigenvalue weighted by Crippen LogP contribution is -2.17. The van der Waals surface area contributed by atoms with Gasteiger partial charge in [-0.25, -0.2) is 4.79 Å². The Morgan fingerprint density at radius 1 is 1.45 bits per heavy atom. The molecular formula is C10H7BrClN3O4S. The van der Waals surface area contributed by atoms with Crippen molar-refractivity contribution in [3.05, 3.63) is 39.5 Å². The first-order chi connectivity index (χ1) is 9.31. The molecule has 0 fully saturated rings. The van der Waals surface area contributed by atoms with Gasteiger partial charge >= 0.3 is 5.97 Å². The zero-order valence-electron chi connectivity index (χ0n) is 9.59. The second-order valence-corrected chi connectivity index (χ2v) is 6.56. The van der Waals surface area contributed by atoms with E-state index in [0.717, 1.165) is 6.20 Å². The number of H-pyrrole nitrogens is 1. The number of carbonyl (C=O) groups is 1. The lowest BCUT2D eigenvalue weighted by atomic mass is 10.3. The number of aromatic amines is 1. The molecule has 1 heterocycles. The van der Waals surface area contributed by atoms with Crippen LogP contribution in [-0.4, -0.2) is 29.7 Å². The first-order valence-corrected chi connectivity index (χ1v) is 7.71. The predicted octanol–water partition coefficient (Wildman–Crippen LogP) is 2.32. The minimum absolute atomic E-state index is 0.184. The SMILES string of the molecule is O=C(O)c1cn[nH]c1S(=O)(=O)Nc1cc(Cl)ccc1Br. The van der Waals surface area contributed by atoms with Gasteiger partial charge in [-0.3, -0.25) is 9.82 Å². The average Bonchev–Trinajstić information content (AvgIpc) is 2.83. The van der Waals surface area contributed by atoms with Gasteiger partial charge in [0.05, 0.1) is 11.9 Å². The molecule has 0 saturated carbocycles. The van der Waals surface area contributed by atoms with E-state index in [9.17, 15) is 13.2 Å². The third-order valence-electron chi connectivity index (χ3n) is 2.28. The minimum Gasteiger partial charge on any atom is -0.478 e. The highest BCUT2D eigenvalue weighted by Crippen LogP contribution is 2.28. The van der Waals surface area contributed by atoms with Crippen LogP contribution in [0.15, 0.2) is 33.9 Å². The minimum atomic E-state index is -4.12. The van der Waals surface area contributed by atoms with Crippen molar-refractivity contribution in [3.8, 4) is 0 Å². The van der Waals surface area contributed by atoms with E-state index in [1.165, 1.54) is 6.07 Å². The zero-order valence-corrected chi connectivity index (χ0v) is 12.8. The Morgan fingerprint density at radius 3 is 2.80 bits per heavy atom. The number of sulfonamides is 1. The first-order valence-electron chi connectivity index (χ1n) is 5.06. The number of aromatic nitrogens is 2. The van der Waals surface area contributed by atoms with E-state index in [4.69, 9.17) is 16.7 Å². The first kappa shape index (κ1) is 14.8. The number of aromatic carboxylic acids is 1. The summed E-state index contributed by atoms with van der Waals surface area (Å²) in [7, 11) is -4.12. The van der Waals surface area contributed by atoms with Crippen molar-refractivity contribution in [1.29, 1.82) is 0 Å². The highest BCUT2D eigenvalue weighted by Gasteiger charge is 2.25. The Bertz CT molecular complexity index is 775. The number of rotatable bonds is 4. The fourth-order valence-corrected chi connectivity index (χ4v) is 3.21. The van der Waals surface area contributed by atoms with Gasteiger partial charge in [-0.2, -0.15) is 13.5 Å². The van der Waals surface area contributed by atoms with Crippen LogP contribution < -0.4 is 4.72 Å². The lowest BCUT2D eigenvalue weighted by molar-refractivity contribution is 0.0692. The summed E-state index contributed by atoms with van der Waals surface area (Å²) in [4.78, 5) is 10.9. The van der Waals surface area contributed by atoms with Gasteiger partial charge in [0.25, 0.3) is 10.0 Å². The van der Waals surface area contributed by atoms with Gasteiger partial charge in [-0.05, 0) is 34.1 Å². The van der Waals surface area contributed by atoms with Crippen LogP contribution in [-0.2, 0) is 10.0 Å². The second kappa shape index (κ2) is 5.43. The van der Waals surface area contributed by atoms with E-state index in [0.29, 0.717) is 9.50 Å². The second-order valence-electron chi connectivity index (χ2n) is 3.65. The molecule has 0 unspecified atom stereocenters. The number of hydrogen-bond acceptors (Lipinski definition) is 4. The monoisotopic (exact) mass is 379 g/mol. The Labute approximate surface area is 127 Å². The molecule has 0 aliphatic heterocycles.